The van der Waals surface area contributed by atoms with E-state index < -0.39 is 11.1 Å². The van der Waals surface area contributed by atoms with Crippen LogP contribution >= 0.6 is 0 Å². The minimum Gasteiger partial charge on any atom is -0.477 e. The van der Waals surface area contributed by atoms with Gasteiger partial charge in [-0.2, -0.15) is 0 Å². The fraction of sp³-hybridized carbons (Fsp3) is 0.387. The lowest BCUT2D eigenvalue weighted by Crippen LogP contribution is -2.44. The van der Waals surface area contributed by atoms with Crippen molar-refractivity contribution < 1.29 is 9.84 Å². The third-order valence-corrected chi connectivity index (χ3v) is 7.78. The molecule has 0 radical (unpaired) electrons. The van der Waals surface area contributed by atoms with E-state index in [1.807, 2.05) is 0 Å². The van der Waals surface area contributed by atoms with E-state index in [0.717, 1.165) is 22.6 Å². The van der Waals surface area contributed by atoms with Gasteiger partial charge in [-0.05, 0) is 43.4 Å². The number of benzene rings is 3. The molecule has 1 saturated heterocycles. The molecule has 1 N–H and O–H groups in total. The van der Waals surface area contributed by atoms with Gasteiger partial charge in [-0.1, -0.05) is 105 Å². The standard InChI is InChI=1S/C31H36N2O2/c1-5-30(34,6-2)27-26(28-32-29(3,4)22-35-28)33(27)31(23-16-10-7-11-17-23,24-18-12-8-13-19-24)25-20-14-9-15-21-25/h7-21,26-27,34H,5-6,22H2,1-4H3/t26-,27+,33?/m0/s1. The molecule has 1 unspecified atom stereocenters. The fourth-order valence-electron chi connectivity index (χ4n) is 5.87. The maximum Gasteiger partial charge on any atom is 0.203 e. The number of aliphatic hydroxyl groups is 1. The van der Waals surface area contributed by atoms with Gasteiger partial charge in [0.2, 0.25) is 5.90 Å². The zero-order chi connectivity index (χ0) is 24.7. The molecule has 2 aliphatic rings. The second kappa shape index (κ2) is 8.92. The van der Waals surface area contributed by atoms with Crippen molar-refractivity contribution in [2.75, 3.05) is 6.61 Å². The monoisotopic (exact) mass is 468 g/mol. The summed E-state index contributed by atoms with van der Waals surface area (Å²) in [5.41, 5.74) is 1.75. The summed E-state index contributed by atoms with van der Waals surface area (Å²) in [5.74, 6) is 0.743. The maximum atomic E-state index is 12.0. The van der Waals surface area contributed by atoms with Crippen LogP contribution in [0.2, 0.25) is 0 Å². The molecule has 2 heterocycles. The van der Waals surface area contributed by atoms with Crippen molar-refractivity contribution in [1.29, 1.82) is 0 Å². The van der Waals surface area contributed by atoms with Crippen LogP contribution in [0.25, 0.3) is 0 Å². The molecule has 3 aromatic carbocycles. The van der Waals surface area contributed by atoms with E-state index in [2.05, 4.69) is 124 Å². The highest BCUT2D eigenvalue weighted by molar-refractivity contribution is 5.88. The molecular formula is C31H36N2O2. The van der Waals surface area contributed by atoms with E-state index in [0.29, 0.717) is 19.4 Å². The zero-order valence-electron chi connectivity index (χ0n) is 21.2. The Labute approximate surface area is 209 Å². The predicted octanol–water partition coefficient (Wildman–Crippen LogP) is 5.79. The van der Waals surface area contributed by atoms with Crippen molar-refractivity contribution in [3.8, 4) is 0 Å². The minimum absolute atomic E-state index is 0.123. The van der Waals surface area contributed by atoms with Gasteiger partial charge in [0.15, 0.2) is 0 Å². The Kier molecular flexibility index (Phi) is 6.06. The van der Waals surface area contributed by atoms with Crippen molar-refractivity contribution in [3.05, 3.63) is 108 Å². The lowest BCUT2D eigenvalue weighted by molar-refractivity contribution is 0.0115. The van der Waals surface area contributed by atoms with E-state index in [9.17, 15) is 5.11 Å². The summed E-state index contributed by atoms with van der Waals surface area (Å²) in [6, 6.07) is 31.7. The van der Waals surface area contributed by atoms with E-state index in [1.54, 1.807) is 0 Å². The van der Waals surface area contributed by atoms with E-state index in [4.69, 9.17) is 9.73 Å². The lowest BCUT2D eigenvalue weighted by atomic mass is 9.76. The molecule has 4 nitrogen and oxygen atoms in total. The van der Waals surface area contributed by atoms with Gasteiger partial charge in [0.25, 0.3) is 0 Å². The molecule has 3 aromatic rings. The molecule has 0 saturated carbocycles. The Hall–Kier alpha value is -2.95. The van der Waals surface area contributed by atoms with Gasteiger partial charge in [0.05, 0.1) is 22.7 Å². The molecule has 0 aliphatic carbocycles. The Morgan fingerprint density at radius 3 is 1.60 bits per heavy atom. The first-order valence-electron chi connectivity index (χ1n) is 12.8. The SMILES string of the molecule is CCC(O)(CC)[C@H]1[C@@H](C2=NC(C)(C)CO2)N1C(c1ccccc1)(c1ccccc1)c1ccccc1. The van der Waals surface area contributed by atoms with Crippen molar-refractivity contribution in [2.24, 2.45) is 4.99 Å². The van der Waals surface area contributed by atoms with Crippen LogP contribution in [0.15, 0.2) is 96.0 Å². The molecule has 35 heavy (non-hydrogen) atoms. The molecule has 1 fully saturated rings. The van der Waals surface area contributed by atoms with Gasteiger partial charge in [-0.15, -0.1) is 0 Å². The van der Waals surface area contributed by atoms with Crippen molar-refractivity contribution >= 4 is 5.90 Å². The zero-order valence-corrected chi connectivity index (χ0v) is 21.2. The van der Waals surface area contributed by atoms with Gasteiger partial charge < -0.3 is 9.84 Å². The molecule has 4 heteroatoms. The molecular weight excluding hydrogens is 432 g/mol. The third kappa shape index (κ3) is 3.89. The maximum absolute atomic E-state index is 12.0. The number of hydrogen-bond donors (Lipinski definition) is 1. The van der Waals surface area contributed by atoms with Crippen LogP contribution in [-0.2, 0) is 10.3 Å². The molecule has 0 amide bonds. The van der Waals surface area contributed by atoms with Crippen LogP contribution in [0, 0.1) is 0 Å². The van der Waals surface area contributed by atoms with Gasteiger partial charge in [-0.25, -0.2) is 4.99 Å². The summed E-state index contributed by atoms with van der Waals surface area (Å²) in [4.78, 5) is 7.46. The smallest absolute Gasteiger partial charge is 0.203 e. The van der Waals surface area contributed by atoms with Crippen LogP contribution in [-0.4, -0.2) is 45.7 Å². The number of rotatable bonds is 8. The Balaban J connectivity index is 1.80. The minimum atomic E-state index is -0.868. The quantitative estimate of drug-likeness (QED) is 0.336. The van der Waals surface area contributed by atoms with Gasteiger partial charge in [0.1, 0.15) is 12.6 Å². The van der Waals surface area contributed by atoms with Crippen molar-refractivity contribution in [3.63, 3.8) is 0 Å². The first-order valence-corrected chi connectivity index (χ1v) is 12.8. The van der Waals surface area contributed by atoms with Gasteiger partial charge in [0, 0.05) is 0 Å². The largest absolute Gasteiger partial charge is 0.477 e. The van der Waals surface area contributed by atoms with Gasteiger partial charge >= 0.3 is 0 Å². The third-order valence-electron chi connectivity index (χ3n) is 7.78. The van der Waals surface area contributed by atoms with Crippen molar-refractivity contribution in [2.45, 2.75) is 69.3 Å². The second-order valence-corrected chi connectivity index (χ2v) is 10.5. The fourth-order valence-corrected chi connectivity index (χ4v) is 5.87. The number of ether oxygens (including phenoxy) is 1. The van der Waals surface area contributed by atoms with Crippen LogP contribution in [0.5, 0.6) is 0 Å². The molecule has 0 aromatic heterocycles. The highest BCUT2D eigenvalue weighted by Crippen LogP contribution is 2.56. The highest BCUT2D eigenvalue weighted by atomic mass is 16.5. The molecule has 182 valence electrons. The summed E-state index contributed by atoms with van der Waals surface area (Å²) in [6.45, 7) is 8.92. The Morgan fingerprint density at radius 2 is 1.26 bits per heavy atom. The first-order chi connectivity index (χ1) is 16.9. The molecule has 5 rings (SSSR count). The summed E-state index contributed by atoms with van der Waals surface area (Å²) in [6.07, 6.45) is 1.32. The summed E-state index contributed by atoms with van der Waals surface area (Å²) in [7, 11) is 0. The summed E-state index contributed by atoms with van der Waals surface area (Å²) in [5, 5.41) is 12.0. The molecule has 2 aliphatic heterocycles. The van der Waals surface area contributed by atoms with E-state index in [-0.39, 0.29) is 17.6 Å². The van der Waals surface area contributed by atoms with E-state index >= 15 is 0 Å². The van der Waals surface area contributed by atoms with Crippen LogP contribution < -0.4 is 0 Å². The predicted molar refractivity (Wildman–Crippen MR) is 142 cm³/mol. The molecule has 0 bridgehead atoms. The second-order valence-electron chi connectivity index (χ2n) is 10.5. The van der Waals surface area contributed by atoms with E-state index in [1.165, 1.54) is 0 Å². The normalized spacial score (nSPS) is 23.5. The van der Waals surface area contributed by atoms with Crippen LogP contribution in [0.3, 0.4) is 0 Å². The van der Waals surface area contributed by atoms with Crippen LogP contribution in [0.1, 0.15) is 57.2 Å². The number of aliphatic imine (C=N–C) groups is 1. The average molecular weight is 469 g/mol. The van der Waals surface area contributed by atoms with Crippen molar-refractivity contribution in [1.82, 2.24) is 4.90 Å². The topological polar surface area (TPSA) is 44.8 Å². The molecule has 0 spiro atoms. The highest BCUT2D eigenvalue weighted by Gasteiger charge is 2.69. The summed E-state index contributed by atoms with van der Waals surface area (Å²) < 4.78 is 6.24. The van der Waals surface area contributed by atoms with Crippen LogP contribution in [0.4, 0.5) is 0 Å². The lowest BCUT2D eigenvalue weighted by Gasteiger charge is -2.40. The first kappa shape index (κ1) is 23.8. The molecule has 3 atom stereocenters. The summed E-state index contributed by atoms with van der Waals surface area (Å²) >= 11 is 0. The average Bonchev–Trinajstić information content (AvgIpc) is 3.54. The van der Waals surface area contributed by atoms with Gasteiger partial charge in [-0.3, -0.25) is 4.90 Å². The Morgan fingerprint density at radius 1 is 0.829 bits per heavy atom. The number of hydrogen-bond acceptors (Lipinski definition) is 4. The number of nitrogens with zero attached hydrogens (tertiary/aromatic N) is 2. The Bertz CT molecular complexity index is 1070.